The van der Waals surface area contributed by atoms with Crippen LogP contribution in [-0.2, 0) is 16.1 Å². The third-order valence-electron chi connectivity index (χ3n) is 4.32. The highest BCUT2D eigenvalue weighted by molar-refractivity contribution is 5.81. The minimum atomic E-state index is -0.653. The highest BCUT2D eigenvalue weighted by Crippen LogP contribution is 2.22. The number of β-amino-alcohol motifs (C(OH)–C–C–N with tert-alkyl or cyclic N) is 1. The van der Waals surface area contributed by atoms with Gasteiger partial charge in [0.05, 0.1) is 24.9 Å². The van der Waals surface area contributed by atoms with Gasteiger partial charge in [-0.3, -0.25) is 4.79 Å². The van der Waals surface area contributed by atoms with E-state index in [1.165, 1.54) is 5.56 Å². The van der Waals surface area contributed by atoms with Crippen molar-refractivity contribution in [3.05, 3.63) is 47.8 Å². The van der Waals surface area contributed by atoms with Gasteiger partial charge in [-0.25, -0.2) is 4.68 Å². The van der Waals surface area contributed by atoms with Gasteiger partial charge in [0.15, 0.2) is 0 Å². The Balaban J connectivity index is 1.55. The Morgan fingerprint density at radius 2 is 2.12 bits per heavy atom. The van der Waals surface area contributed by atoms with Gasteiger partial charge in [-0.1, -0.05) is 35.0 Å². The second-order valence-electron chi connectivity index (χ2n) is 6.20. The van der Waals surface area contributed by atoms with Crippen LogP contribution in [0.15, 0.2) is 36.7 Å². The zero-order chi connectivity index (χ0) is 17.1. The third-order valence-corrected chi connectivity index (χ3v) is 4.32. The molecule has 24 heavy (non-hydrogen) atoms. The molecule has 3 rings (SSSR count). The second kappa shape index (κ2) is 7.11. The first-order chi connectivity index (χ1) is 11.5. The predicted molar refractivity (Wildman–Crippen MR) is 87.1 cm³/mol. The van der Waals surface area contributed by atoms with Crippen LogP contribution in [0.3, 0.4) is 0 Å². The Morgan fingerprint density at radius 1 is 1.38 bits per heavy atom. The molecule has 1 aromatic carbocycles. The Bertz CT molecular complexity index is 672. The Hall–Kier alpha value is -2.25. The van der Waals surface area contributed by atoms with Gasteiger partial charge >= 0.3 is 0 Å². The van der Waals surface area contributed by atoms with Crippen LogP contribution in [0.2, 0.25) is 0 Å². The van der Waals surface area contributed by atoms with Gasteiger partial charge < -0.3 is 14.7 Å². The van der Waals surface area contributed by atoms with Crippen molar-refractivity contribution in [2.45, 2.75) is 38.7 Å². The Kier molecular flexibility index (Phi) is 4.92. The number of ether oxygens (including phenoxy) is 1. The van der Waals surface area contributed by atoms with Crippen molar-refractivity contribution in [1.82, 2.24) is 19.9 Å². The fourth-order valence-electron chi connectivity index (χ4n) is 2.84. The first-order valence-corrected chi connectivity index (χ1v) is 8.04. The highest BCUT2D eigenvalue weighted by atomic mass is 16.5. The summed E-state index contributed by atoms with van der Waals surface area (Å²) in [5, 5.41) is 17.8. The maximum Gasteiger partial charge on any atom is 0.251 e. The minimum Gasteiger partial charge on any atom is -0.389 e. The molecule has 0 bridgehead atoms. The van der Waals surface area contributed by atoms with Crippen LogP contribution < -0.4 is 0 Å². The number of carbonyl (C=O) groups excluding carboxylic acids is 1. The summed E-state index contributed by atoms with van der Waals surface area (Å²) in [5.41, 5.74) is 2.22. The van der Waals surface area contributed by atoms with Crippen molar-refractivity contribution in [3.8, 4) is 0 Å². The van der Waals surface area contributed by atoms with Gasteiger partial charge in [0, 0.05) is 19.3 Å². The van der Waals surface area contributed by atoms with E-state index in [9.17, 15) is 9.90 Å². The first-order valence-electron chi connectivity index (χ1n) is 8.04. The topological polar surface area (TPSA) is 80.5 Å². The van der Waals surface area contributed by atoms with Gasteiger partial charge in [0.1, 0.15) is 6.10 Å². The molecule has 2 heterocycles. The maximum atomic E-state index is 12.5. The van der Waals surface area contributed by atoms with E-state index in [1.807, 2.05) is 31.2 Å². The number of carbonyl (C=O) groups is 1. The fourth-order valence-corrected chi connectivity index (χ4v) is 2.84. The Morgan fingerprint density at radius 3 is 2.79 bits per heavy atom. The van der Waals surface area contributed by atoms with Crippen LogP contribution in [0.4, 0.5) is 0 Å². The van der Waals surface area contributed by atoms with E-state index < -0.39 is 12.2 Å². The van der Waals surface area contributed by atoms with Crippen molar-refractivity contribution in [2.24, 2.45) is 0 Å². The highest BCUT2D eigenvalue weighted by Gasteiger charge is 2.37. The predicted octanol–water partition coefficient (Wildman–Crippen LogP) is 0.936. The maximum absolute atomic E-state index is 12.5. The molecular weight excluding hydrogens is 308 g/mol. The van der Waals surface area contributed by atoms with Crippen LogP contribution in [0, 0.1) is 6.92 Å². The number of rotatable bonds is 5. The van der Waals surface area contributed by atoms with E-state index in [2.05, 4.69) is 10.3 Å². The molecule has 1 N–H and O–H groups in total. The molecule has 7 nitrogen and oxygen atoms in total. The molecule has 7 heteroatoms. The van der Waals surface area contributed by atoms with Crippen molar-refractivity contribution >= 4 is 5.91 Å². The molecule has 128 valence electrons. The lowest BCUT2D eigenvalue weighted by Gasteiger charge is -2.21. The van der Waals surface area contributed by atoms with Crippen molar-refractivity contribution in [3.63, 3.8) is 0 Å². The molecule has 1 aliphatic heterocycles. The summed E-state index contributed by atoms with van der Waals surface area (Å²) in [6.07, 6.45) is 2.04. The first kappa shape index (κ1) is 16.6. The van der Waals surface area contributed by atoms with Gasteiger partial charge in [0.2, 0.25) is 0 Å². The van der Waals surface area contributed by atoms with Crippen LogP contribution in [0.1, 0.15) is 24.1 Å². The molecule has 1 amide bonds. The normalized spacial score (nSPS) is 21.9. The van der Waals surface area contributed by atoms with E-state index in [4.69, 9.17) is 4.74 Å². The Labute approximate surface area is 140 Å². The molecule has 3 atom stereocenters. The average molecular weight is 330 g/mol. The third kappa shape index (κ3) is 3.63. The monoisotopic (exact) mass is 330 g/mol. The molecule has 1 aliphatic rings. The van der Waals surface area contributed by atoms with E-state index in [-0.39, 0.29) is 18.5 Å². The fraction of sp³-hybridized carbons (Fsp3) is 0.471. The molecule has 0 spiro atoms. The lowest BCUT2D eigenvalue weighted by Crippen LogP contribution is -2.38. The smallest absolute Gasteiger partial charge is 0.251 e. The van der Waals surface area contributed by atoms with Crippen molar-refractivity contribution in [1.29, 1.82) is 0 Å². The summed E-state index contributed by atoms with van der Waals surface area (Å²) < 4.78 is 7.29. The summed E-state index contributed by atoms with van der Waals surface area (Å²) in [6.45, 7) is 4.84. The number of amides is 1. The molecule has 0 radical (unpaired) electrons. The quantitative estimate of drug-likeness (QED) is 0.882. The molecule has 0 aliphatic carbocycles. The van der Waals surface area contributed by atoms with Gasteiger partial charge in [-0.2, -0.15) is 0 Å². The molecular formula is C17H22N4O3. The summed E-state index contributed by atoms with van der Waals surface area (Å²) in [6, 6.07) is 7.76. The van der Waals surface area contributed by atoms with Crippen LogP contribution >= 0.6 is 0 Å². The largest absolute Gasteiger partial charge is 0.389 e. The number of nitrogens with zero attached hydrogens (tertiary/aromatic N) is 4. The summed E-state index contributed by atoms with van der Waals surface area (Å²) in [4.78, 5) is 14.1. The zero-order valence-corrected chi connectivity index (χ0v) is 13.9. The summed E-state index contributed by atoms with van der Waals surface area (Å²) in [7, 11) is 0. The minimum absolute atomic E-state index is 0.122. The van der Waals surface area contributed by atoms with Gasteiger partial charge in [0.25, 0.3) is 5.91 Å². The van der Waals surface area contributed by atoms with E-state index in [0.717, 1.165) is 5.56 Å². The number of aliphatic hydroxyl groups is 1. The number of aromatic nitrogens is 3. The molecule has 2 aromatic rings. The van der Waals surface area contributed by atoms with Crippen LogP contribution in [0.5, 0.6) is 0 Å². The number of aryl methyl sites for hydroxylation is 1. The van der Waals surface area contributed by atoms with E-state index in [0.29, 0.717) is 13.2 Å². The number of benzene rings is 1. The van der Waals surface area contributed by atoms with Crippen LogP contribution in [-0.4, -0.2) is 56.2 Å². The number of hydrogen-bond acceptors (Lipinski definition) is 5. The SMILES string of the molecule is Cc1ccc(COC(C)C(=O)N2C[C@@H](O)[C@H](n3ccnn3)C2)cc1. The van der Waals surface area contributed by atoms with E-state index in [1.54, 1.807) is 28.9 Å². The van der Waals surface area contributed by atoms with Crippen molar-refractivity contribution < 1.29 is 14.6 Å². The lowest BCUT2D eigenvalue weighted by molar-refractivity contribution is -0.142. The number of aliphatic hydroxyl groups excluding tert-OH is 1. The molecule has 1 fully saturated rings. The lowest BCUT2D eigenvalue weighted by atomic mass is 10.2. The second-order valence-corrected chi connectivity index (χ2v) is 6.20. The van der Waals surface area contributed by atoms with Gasteiger partial charge in [-0.15, -0.1) is 5.10 Å². The molecule has 0 saturated carbocycles. The summed E-state index contributed by atoms with van der Waals surface area (Å²) >= 11 is 0. The van der Waals surface area contributed by atoms with Gasteiger partial charge in [-0.05, 0) is 19.4 Å². The van der Waals surface area contributed by atoms with E-state index >= 15 is 0 Å². The van der Waals surface area contributed by atoms with Crippen molar-refractivity contribution in [2.75, 3.05) is 13.1 Å². The molecule has 1 saturated heterocycles. The number of likely N-dealkylation sites (tertiary alicyclic amines) is 1. The van der Waals surface area contributed by atoms with Crippen LogP contribution in [0.25, 0.3) is 0 Å². The molecule has 1 aromatic heterocycles. The summed E-state index contributed by atoms with van der Waals surface area (Å²) in [5.74, 6) is -0.122. The standard InChI is InChI=1S/C17H22N4O3/c1-12-3-5-14(6-4-12)11-24-13(2)17(23)20-9-15(16(22)10-20)21-8-7-18-19-21/h3-8,13,15-16,22H,9-11H2,1-2H3/t13?,15-,16-/m1/s1. The average Bonchev–Trinajstić information content (AvgIpc) is 3.22. The zero-order valence-electron chi connectivity index (χ0n) is 13.9. The molecule has 1 unspecified atom stereocenters. The number of hydrogen-bond donors (Lipinski definition) is 1.